The number of ether oxygens (including phenoxy) is 1. The van der Waals surface area contributed by atoms with E-state index in [0.717, 1.165) is 35.6 Å². The Labute approximate surface area is 113 Å². The predicted molar refractivity (Wildman–Crippen MR) is 76.1 cm³/mol. The van der Waals surface area contributed by atoms with E-state index in [2.05, 4.69) is 18.2 Å². The van der Waals surface area contributed by atoms with Gasteiger partial charge in [0.2, 0.25) is 0 Å². The summed E-state index contributed by atoms with van der Waals surface area (Å²) in [5.74, 6) is 0.220. The highest BCUT2D eigenvalue weighted by atomic mass is 16.5. The smallest absolute Gasteiger partial charge is 0.169 e. The summed E-state index contributed by atoms with van der Waals surface area (Å²) in [5, 5.41) is 2.29. The molecule has 1 aliphatic carbocycles. The van der Waals surface area contributed by atoms with Gasteiger partial charge in [0.25, 0.3) is 0 Å². The zero-order valence-corrected chi connectivity index (χ0v) is 11.2. The van der Waals surface area contributed by atoms with Crippen LogP contribution < -0.4 is 0 Å². The molecule has 2 nitrogen and oxygen atoms in total. The third-order valence-electron chi connectivity index (χ3n) is 4.21. The molecule has 0 amide bonds. The van der Waals surface area contributed by atoms with Gasteiger partial charge in [-0.05, 0) is 35.6 Å². The zero-order chi connectivity index (χ0) is 13.3. The first-order valence-electron chi connectivity index (χ1n) is 6.84. The summed E-state index contributed by atoms with van der Waals surface area (Å²) in [6.45, 7) is 0. The topological polar surface area (TPSA) is 26.3 Å². The lowest BCUT2D eigenvalue weighted by Crippen LogP contribution is -2.40. The minimum Gasteiger partial charge on any atom is -0.366 e. The number of Topliss-reactive ketones (excluding diaryl/α,β-unsaturated/α-hetero) is 1. The van der Waals surface area contributed by atoms with Crippen LogP contribution >= 0.6 is 0 Å². The van der Waals surface area contributed by atoms with Crippen LogP contribution in [0.1, 0.15) is 31.2 Å². The van der Waals surface area contributed by atoms with E-state index in [0.29, 0.717) is 6.42 Å². The van der Waals surface area contributed by atoms with E-state index in [4.69, 9.17) is 4.74 Å². The average Bonchev–Trinajstić information content (AvgIpc) is 2.48. The molecule has 0 aliphatic heterocycles. The summed E-state index contributed by atoms with van der Waals surface area (Å²) >= 11 is 0. The van der Waals surface area contributed by atoms with Crippen molar-refractivity contribution in [3.05, 3.63) is 48.0 Å². The van der Waals surface area contributed by atoms with Gasteiger partial charge >= 0.3 is 0 Å². The van der Waals surface area contributed by atoms with Gasteiger partial charge in [-0.2, -0.15) is 0 Å². The Balaban J connectivity index is 2.24. The Hall–Kier alpha value is -1.67. The van der Waals surface area contributed by atoms with Gasteiger partial charge < -0.3 is 4.74 Å². The molecule has 2 aromatic carbocycles. The van der Waals surface area contributed by atoms with E-state index in [9.17, 15) is 4.79 Å². The van der Waals surface area contributed by atoms with Gasteiger partial charge in [0.05, 0.1) is 0 Å². The molecule has 0 saturated heterocycles. The fraction of sp³-hybridized carbons (Fsp3) is 0.353. The second-order valence-electron chi connectivity index (χ2n) is 5.19. The van der Waals surface area contributed by atoms with Gasteiger partial charge in [-0.25, -0.2) is 0 Å². The molecule has 2 aromatic rings. The number of benzene rings is 2. The molecule has 0 radical (unpaired) electrons. The average molecular weight is 254 g/mol. The Bertz CT molecular complexity index is 612. The number of hydrogen-bond acceptors (Lipinski definition) is 2. The molecule has 1 saturated carbocycles. The zero-order valence-electron chi connectivity index (χ0n) is 11.2. The second kappa shape index (κ2) is 4.78. The number of methoxy groups -OCH3 is 1. The Morgan fingerprint density at radius 1 is 1.05 bits per heavy atom. The number of carbonyl (C=O) groups is 1. The largest absolute Gasteiger partial charge is 0.366 e. The summed E-state index contributed by atoms with van der Waals surface area (Å²) < 4.78 is 5.74. The third kappa shape index (κ3) is 1.87. The Morgan fingerprint density at radius 3 is 2.63 bits per heavy atom. The molecule has 0 N–H and O–H groups in total. The number of rotatable bonds is 2. The molecule has 2 heteroatoms. The van der Waals surface area contributed by atoms with Crippen molar-refractivity contribution >= 4 is 16.6 Å². The molecular weight excluding hydrogens is 236 g/mol. The van der Waals surface area contributed by atoms with Crippen LogP contribution in [0.5, 0.6) is 0 Å². The van der Waals surface area contributed by atoms with Crippen molar-refractivity contribution in [3.8, 4) is 0 Å². The van der Waals surface area contributed by atoms with Gasteiger partial charge in [0.1, 0.15) is 0 Å². The van der Waals surface area contributed by atoms with Crippen molar-refractivity contribution in [2.24, 2.45) is 0 Å². The molecule has 0 bridgehead atoms. The summed E-state index contributed by atoms with van der Waals surface area (Å²) in [4.78, 5) is 12.5. The van der Waals surface area contributed by atoms with E-state index < -0.39 is 5.60 Å². The first-order chi connectivity index (χ1) is 9.28. The fourth-order valence-corrected chi connectivity index (χ4v) is 3.19. The summed E-state index contributed by atoms with van der Waals surface area (Å²) in [5.41, 5.74) is 0.289. The lowest BCUT2D eigenvalue weighted by Gasteiger charge is -2.35. The molecule has 1 unspecified atom stereocenters. The molecule has 98 valence electrons. The van der Waals surface area contributed by atoms with Crippen LogP contribution in [0.3, 0.4) is 0 Å². The summed E-state index contributed by atoms with van der Waals surface area (Å²) in [7, 11) is 1.66. The maximum atomic E-state index is 12.5. The molecule has 0 heterocycles. The summed E-state index contributed by atoms with van der Waals surface area (Å²) in [6.07, 6.45) is 3.44. The van der Waals surface area contributed by atoms with Crippen LogP contribution in [0.4, 0.5) is 0 Å². The maximum absolute atomic E-state index is 12.5. The molecule has 3 rings (SSSR count). The van der Waals surface area contributed by atoms with Crippen LogP contribution in [0.15, 0.2) is 42.5 Å². The Morgan fingerprint density at radius 2 is 1.84 bits per heavy atom. The summed E-state index contributed by atoms with van der Waals surface area (Å²) in [6, 6.07) is 14.3. The van der Waals surface area contributed by atoms with Gasteiger partial charge in [-0.15, -0.1) is 0 Å². The SMILES string of the molecule is COC1(c2cccc3ccccc23)CCCCC1=O. The molecule has 1 atom stereocenters. The third-order valence-corrected chi connectivity index (χ3v) is 4.21. The number of carbonyl (C=O) groups excluding carboxylic acids is 1. The van der Waals surface area contributed by atoms with Crippen LogP contribution in [0, 0.1) is 0 Å². The molecule has 1 fully saturated rings. The van der Waals surface area contributed by atoms with Crippen molar-refractivity contribution in [2.75, 3.05) is 7.11 Å². The van der Waals surface area contributed by atoms with E-state index in [1.54, 1.807) is 7.11 Å². The molecule has 1 aliphatic rings. The number of hydrogen-bond donors (Lipinski definition) is 0. The van der Waals surface area contributed by atoms with Crippen molar-refractivity contribution < 1.29 is 9.53 Å². The minimum atomic E-state index is -0.737. The second-order valence-corrected chi connectivity index (χ2v) is 5.19. The quantitative estimate of drug-likeness (QED) is 0.814. The van der Waals surface area contributed by atoms with Crippen LogP contribution in [0.25, 0.3) is 10.8 Å². The van der Waals surface area contributed by atoms with Gasteiger partial charge in [0, 0.05) is 13.5 Å². The van der Waals surface area contributed by atoms with Gasteiger partial charge in [-0.1, -0.05) is 42.5 Å². The fourth-order valence-electron chi connectivity index (χ4n) is 3.19. The highest BCUT2D eigenvalue weighted by Crippen LogP contribution is 2.40. The van der Waals surface area contributed by atoms with E-state index in [1.165, 1.54) is 0 Å². The van der Waals surface area contributed by atoms with Crippen molar-refractivity contribution in [1.82, 2.24) is 0 Å². The van der Waals surface area contributed by atoms with Gasteiger partial charge in [0.15, 0.2) is 11.4 Å². The lowest BCUT2D eigenvalue weighted by atomic mass is 9.76. The minimum absolute atomic E-state index is 0.220. The monoisotopic (exact) mass is 254 g/mol. The maximum Gasteiger partial charge on any atom is 0.169 e. The standard InChI is InChI=1S/C17H18O2/c1-19-17(12-5-4-11-16(17)18)15-10-6-8-13-7-2-3-9-14(13)15/h2-3,6-10H,4-5,11-12H2,1H3. The van der Waals surface area contributed by atoms with Crippen LogP contribution in [-0.4, -0.2) is 12.9 Å². The van der Waals surface area contributed by atoms with Crippen LogP contribution in [-0.2, 0) is 15.1 Å². The predicted octanol–water partition coefficient (Wildman–Crippen LogP) is 3.82. The molecule has 0 aromatic heterocycles. The normalized spacial score (nSPS) is 23.7. The first kappa shape index (κ1) is 12.4. The molecular formula is C17H18O2. The van der Waals surface area contributed by atoms with E-state index in [1.807, 2.05) is 24.3 Å². The van der Waals surface area contributed by atoms with Crippen LogP contribution in [0.2, 0.25) is 0 Å². The highest BCUT2D eigenvalue weighted by Gasteiger charge is 2.42. The lowest BCUT2D eigenvalue weighted by molar-refractivity contribution is -0.146. The highest BCUT2D eigenvalue weighted by molar-refractivity contribution is 5.96. The Kier molecular flexibility index (Phi) is 3.11. The first-order valence-corrected chi connectivity index (χ1v) is 6.84. The van der Waals surface area contributed by atoms with Gasteiger partial charge in [-0.3, -0.25) is 4.79 Å². The van der Waals surface area contributed by atoms with Crippen molar-refractivity contribution in [1.29, 1.82) is 0 Å². The van der Waals surface area contributed by atoms with Crippen molar-refractivity contribution in [3.63, 3.8) is 0 Å². The number of fused-ring (bicyclic) bond motifs is 1. The number of ketones is 1. The molecule has 19 heavy (non-hydrogen) atoms. The van der Waals surface area contributed by atoms with E-state index in [-0.39, 0.29) is 5.78 Å². The van der Waals surface area contributed by atoms with Crippen molar-refractivity contribution in [2.45, 2.75) is 31.3 Å². The van der Waals surface area contributed by atoms with E-state index >= 15 is 0 Å². The molecule has 0 spiro atoms.